The van der Waals surface area contributed by atoms with Crippen molar-refractivity contribution in [2.24, 2.45) is 0 Å². The van der Waals surface area contributed by atoms with Crippen molar-refractivity contribution in [3.63, 3.8) is 0 Å². The monoisotopic (exact) mass is 394 g/mol. The molecule has 8 nitrogen and oxygen atoms in total. The molecule has 0 atom stereocenters. The zero-order chi connectivity index (χ0) is 20.1. The van der Waals surface area contributed by atoms with E-state index in [9.17, 15) is 0 Å². The Morgan fingerprint density at radius 1 is 0.793 bits per heavy atom. The predicted molar refractivity (Wildman–Crippen MR) is 109 cm³/mol. The number of hydrogen-bond acceptors (Lipinski definition) is 8. The van der Waals surface area contributed by atoms with Gasteiger partial charge in [-0.2, -0.15) is 0 Å². The maximum atomic E-state index is 5.41. The summed E-state index contributed by atoms with van der Waals surface area (Å²) in [6.45, 7) is 1.48. The lowest BCUT2D eigenvalue weighted by molar-refractivity contribution is 0.174. The topological polar surface area (TPSA) is 86.8 Å². The molecule has 4 rings (SSSR count). The molecule has 0 unspecified atom stereocenters. The van der Waals surface area contributed by atoms with Crippen LogP contribution in [0.5, 0.6) is 23.0 Å². The van der Waals surface area contributed by atoms with Crippen molar-refractivity contribution in [3.8, 4) is 23.0 Å². The molecular weight excluding hydrogens is 372 g/mol. The number of aromatic nitrogens is 2. The molecule has 0 bridgehead atoms. The van der Waals surface area contributed by atoms with Gasteiger partial charge in [-0.05, 0) is 35.4 Å². The molecule has 0 saturated heterocycles. The van der Waals surface area contributed by atoms with Gasteiger partial charge in [-0.3, -0.25) is 0 Å². The van der Waals surface area contributed by atoms with E-state index in [2.05, 4.69) is 20.6 Å². The standard InChI is InChI=1S/C21H22N4O4/c1-26-16-5-3-14(7-18(16)27-2)10-22-20-9-21(25-12-24-20)23-11-15-4-6-17-19(8-15)29-13-28-17/h3-9,12H,10-11,13H2,1-2H3,(H2,22,23,24,25). The third-order valence-corrected chi connectivity index (χ3v) is 4.50. The van der Waals surface area contributed by atoms with Crippen LogP contribution in [-0.4, -0.2) is 31.0 Å². The summed E-state index contributed by atoms with van der Waals surface area (Å²) >= 11 is 0. The van der Waals surface area contributed by atoms with Gasteiger partial charge >= 0.3 is 0 Å². The van der Waals surface area contributed by atoms with Crippen molar-refractivity contribution in [2.45, 2.75) is 13.1 Å². The van der Waals surface area contributed by atoms with Gasteiger partial charge in [0.05, 0.1) is 14.2 Å². The smallest absolute Gasteiger partial charge is 0.231 e. The number of fused-ring (bicyclic) bond motifs is 1. The van der Waals surface area contributed by atoms with Gasteiger partial charge in [0.1, 0.15) is 18.0 Å². The van der Waals surface area contributed by atoms with Crippen LogP contribution < -0.4 is 29.6 Å². The number of benzene rings is 2. The Hall–Kier alpha value is -3.68. The van der Waals surface area contributed by atoms with Crippen molar-refractivity contribution < 1.29 is 18.9 Å². The van der Waals surface area contributed by atoms with Crippen molar-refractivity contribution in [2.75, 3.05) is 31.6 Å². The predicted octanol–water partition coefficient (Wildman–Crippen LogP) is 3.45. The van der Waals surface area contributed by atoms with E-state index in [1.807, 2.05) is 42.5 Å². The Morgan fingerprint density at radius 2 is 1.45 bits per heavy atom. The Kier molecular flexibility index (Phi) is 5.51. The maximum absolute atomic E-state index is 5.41. The molecule has 0 fully saturated rings. The van der Waals surface area contributed by atoms with Gasteiger partial charge in [-0.1, -0.05) is 12.1 Å². The number of rotatable bonds is 8. The van der Waals surface area contributed by atoms with Gasteiger partial charge in [0.25, 0.3) is 0 Å². The van der Waals surface area contributed by atoms with E-state index in [4.69, 9.17) is 18.9 Å². The van der Waals surface area contributed by atoms with Crippen LogP contribution in [0.4, 0.5) is 11.6 Å². The van der Waals surface area contributed by atoms with Crippen LogP contribution in [0, 0.1) is 0 Å². The molecule has 3 aromatic rings. The van der Waals surface area contributed by atoms with E-state index in [0.717, 1.165) is 34.3 Å². The van der Waals surface area contributed by atoms with Crippen molar-refractivity contribution in [1.29, 1.82) is 0 Å². The minimum Gasteiger partial charge on any atom is -0.493 e. The van der Waals surface area contributed by atoms with Gasteiger partial charge in [-0.25, -0.2) is 9.97 Å². The third kappa shape index (κ3) is 4.43. The van der Waals surface area contributed by atoms with Gasteiger partial charge in [0.2, 0.25) is 6.79 Å². The minimum atomic E-state index is 0.271. The highest BCUT2D eigenvalue weighted by atomic mass is 16.7. The highest BCUT2D eigenvalue weighted by Gasteiger charge is 2.13. The first kappa shape index (κ1) is 18.7. The van der Waals surface area contributed by atoms with Crippen LogP contribution >= 0.6 is 0 Å². The molecule has 2 aromatic carbocycles. The SMILES string of the molecule is COc1ccc(CNc2cc(NCc3ccc4c(c3)OCO4)ncn2)cc1OC. The lowest BCUT2D eigenvalue weighted by Gasteiger charge is -2.11. The summed E-state index contributed by atoms with van der Waals surface area (Å²) in [5, 5.41) is 6.60. The first-order valence-electron chi connectivity index (χ1n) is 9.14. The Balaban J connectivity index is 1.36. The maximum Gasteiger partial charge on any atom is 0.231 e. The van der Waals surface area contributed by atoms with Crippen LogP contribution in [0.1, 0.15) is 11.1 Å². The van der Waals surface area contributed by atoms with E-state index in [1.54, 1.807) is 14.2 Å². The minimum absolute atomic E-state index is 0.271. The second-order valence-electron chi connectivity index (χ2n) is 6.37. The van der Waals surface area contributed by atoms with E-state index >= 15 is 0 Å². The van der Waals surface area contributed by atoms with Gasteiger partial charge < -0.3 is 29.6 Å². The molecule has 2 heterocycles. The highest BCUT2D eigenvalue weighted by Crippen LogP contribution is 2.32. The molecule has 1 aromatic heterocycles. The number of nitrogens with one attached hydrogen (secondary N) is 2. The molecule has 0 spiro atoms. The van der Waals surface area contributed by atoms with Gasteiger partial charge in [0.15, 0.2) is 23.0 Å². The average Bonchev–Trinajstić information content (AvgIpc) is 3.24. The van der Waals surface area contributed by atoms with Crippen LogP contribution in [0.25, 0.3) is 0 Å². The summed E-state index contributed by atoms with van der Waals surface area (Å²) in [7, 11) is 3.24. The van der Waals surface area contributed by atoms with Gasteiger partial charge in [-0.15, -0.1) is 0 Å². The molecule has 1 aliphatic rings. The average molecular weight is 394 g/mol. The number of ether oxygens (including phenoxy) is 4. The normalized spacial score (nSPS) is 11.8. The number of anilines is 2. The van der Waals surface area contributed by atoms with E-state index < -0.39 is 0 Å². The lowest BCUT2D eigenvalue weighted by Crippen LogP contribution is -2.05. The first-order valence-corrected chi connectivity index (χ1v) is 9.14. The Labute approximate surface area is 168 Å². The molecule has 2 N–H and O–H groups in total. The number of nitrogens with zero attached hydrogens (tertiary/aromatic N) is 2. The number of methoxy groups -OCH3 is 2. The zero-order valence-corrected chi connectivity index (χ0v) is 16.3. The van der Waals surface area contributed by atoms with Crippen molar-refractivity contribution >= 4 is 11.6 Å². The van der Waals surface area contributed by atoms with E-state index in [1.165, 1.54) is 6.33 Å². The van der Waals surface area contributed by atoms with E-state index in [-0.39, 0.29) is 6.79 Å². The Morgan fingerprint density at radius 3 is 2.17 bits per heavy atom. The summed E-state index contributed by atoms with van der Waals surface area (Å²) in [6, 6.07) is 13.5. The third-order valence-electron chi connectivity index (χ3n) is 4.50. The fraction of sp³-hybridized carbons (Fsp3) is 0.238. The number of hydrogen-bond donors (Lipinski definition) is 2. The zero-order valence-electron chi connectivity index (χ0n) is 16.3. The summed E-state index contributed by atoms with van der Waals surface area (Å²) in [4.78, 5) is 8.56. The molecule has 0 radical (unpaired) electrons. The first-order chi connectivity index (χ1) is 14.2. The summed E-state index contributed by atoms with van der Waals surface area (Å²) in [5.41, 5.74) is 2.13. The second-order valence-corrected chi connectivity index (χ2v) is 6.37. The fourth-order valence-corrected chi connectivity index (χ4v) is 2.98. The summed E-state index contributed by atoms with van der Waals surface area (Å²) < 4.78 is 21.4. The quantitative estimate of drug-likeness (QED) is 0.601. The molecule has 29 heavy (non-hydrogen) atoms. The van der Waals surface area contributed by atoms with Crippen LogP contribution in [0.15, 0.2) is 48.8 Å². The largest absolute Gasteiger partial charge is 0.493 e. The lowest BCUT2D eigenvalue weighted by atomic mass is 10.2. The van der Waals surface area contributed by atoms with Crippen LogP contribution in [-0.2, 0) is 13.1 Å². The summed E-state index contributed by atoms with van der Waals surface area (Å²) in [6.07, 6.45) is 1.53. The van der Waals surface area contributed by atoms with Crippen molar-refractivity contribution in [1.82, 2.24) is 9.97 Å². The van der Waals surface area contributed by atoms with Crippen molar-refractivity contribution in [3.05, 3.63) is 59.9 Å². The Bertz CT molecular complexity index is 996. The van der Waals surface area contributed by atoms with Crippen LogP contribution in [0.2, 0.25) is 0 Å². The molecule has 0 amide bonds. The molecule has 1 aliphatic heterocycles. The fourth-order valence-electron chi connectivity index (χ4n) is 2.98. The molecule has 8 heteroatoms. The highest BCUT2D eigenvalue weighted by molar-refractivity contribution is 5.49. The summed E-state index contributed by atoms with van der Waals surface area (Å²) in [5.74, 6) is 4.39. The molecule has 0 saturated carbocycles. The van der Waals surface area contributed by atoms with Gasteiger partial charge in [0, 0.05) is 19.2 Å². The molecular formula is C21H22N4O4. The van der Waals surface area contributed by atoms with E-state index in [0.29, 0.717) is 24.6 Å². The molecule has 0 aliphatic carbocycles. The molecule has 150 valence electrons. The second kappa shape index (κ2) is 8.55. The van der Waals surface area contributed by atoms with Crippen LogP contribution in [0.3, 0.4) is 0 Å².